The number of aliphatic hydroxyl groups is 1. The van der Waals surface area contributed by atoms with Gasteiger partial charge in [0.25, 0.3) is 0 Å². The van der Waals surface area contributed by atoms with E-state index in [2.05, 4.69) is 22.8 Å². The Morgan fingerprint density at radius 2 is 2.05 bits per heavy atom. The van der Waals surface area contributed by atoms with Gasteiger partial charge < -0.3 is 15.7 Å². The topological polar surface area (TPSA) is 61.4 Å². The van der Waals surface area contributed by atoms with Gasteiger partial charge in [0, 0.05) is 13.1 Å². The Hall–Kier alpha value is -1.88. The van der Waals surface area contributed by atoms with Crippen LogP contribution in [0.2, 0.25) is 0 Å². The van der Waals surface area contributed by atoms with E-state index in [0.29, 0.717) is 18.0 Å². The Bertz CT molecular complexity index is 488. The number of amides is 2. The Balaban J connectivity index is 1.68. The van der Waals surface area contributed by atoms with Gasteiger partial charge in [-0.3, -0.25) is 0 Å². The number of urea groups is 1. The van der Waals surface area contributed by atoms with Crippen molar-refractivity contribution in [2.24, 2.45) is 5.92 Å². The Morgan fingerprint density at radius 3 is 2.71 bits per heavy atom. The smallest absolute Gasteiger partial charge is 0.314 e. The van der Waals surface area contributed by atoms with Crippen LogP contribution < -0.4 is 10.6 Å². The lowest BCUT2D eigenvalue weighted by atomic mass is 9.94. The zero-order chi connectivity index (χ0) is 15.1. The molecule has 1 aliphatic carbocycles. The summed E-state index contributed by atoms with van der Waals surface area (Å²) in [7, 11) is 0. The van der Waals surface area contributed by atoms with Crippen LogP contribution in [-0.2, 0) is 0 Å². The summed E-state index contributed by atoms with van der Waals surface area (Å²) < 4.78 is 12.8. The van der Waals surface area contributed by atoms with Crippen LogP contribution in [0.1, 0.15) is 30.9 Å². The van der Waals surface area contributed by atoms with E-state index >= 15 is 0 Å². The average molecular weight is 292 g/mol. The number of halogens is 1. The van der Waals surface area contributed by atoms with Crippen LogP contribution in [0.4, 0.5) is 9.18 Å². The minimum Gasteiger partial charge on any atom is -0.387 e. The van der Waals surface area contributed by atoms with Crippen LogP contribution in [0.25, 0.3) is 0 Å². The van der Waals surface area contributed by atoms with Gasteiger partial charge in [-0.15, -0.1) is 0 Å². The first-order valence-corrected chi connectivity index (χ1v) is 7.25. The van der Waals surface area contributed by atoms with E-state index in [1.54, 1.807) is 0 Å². The second-order valence-corrected chi connectivity index (χ2v) is 5.31. The van der Waals surface area contributed by atoms with E-state index in [-0.39, 0.29) is 18.4 Å². The van der Waals surface area contributed by atoms with Crippen LogP contribution in [0.15, 0.2) is 36.4 Å². The molecule has 2 atom stereocenters. The van der Waals surface area contributed by atoms with Crippen molar-refractivity contribution in [1.82, 2.24) is 10.6 Å². The van der Waals surface area contributed by atoms with Crippen molar-refractivity contribution in [2.75, 3.05) is 13.1 Å². The van der Waals surface area contributed by atoms with Crippen LogP contribution in [-0.4, -0.2) is 24.2 Å². The highest BCUT2D eigenvalue weighted by Gasteiger charge is 2.12. The number of nitrogens with one attached hydrogen (secondary N) is 2. The van der Waals surface area contributed by atoms with Crippen molar-refractivity contribution in [1.29, 1.82) is 0 Å². The van der Waals surface area contributed by atoms with Gasteiger partial charge in [0.15, 0.2) is 0 Å². The minimum absolute atomic E-state index is 0.0992. The van der Waals surface area contributed by atoms with Crippen molar-refractivity contribution in [3.05, 3.63) is 47.8 Å². The SMILES string of the molecule is O=C(NCC1CC=CCC1)NCC(O)c1ccc(F)cc1. The van der Waals surface area contributed by atoms with Crippen LogP contribution in [0, 0.1) is 11.7 Å². The van der Waals surface area contributed by atoms with Crippen LogP contribution in [0.5, 0.6) is 0 Å². The first-order chi connectivity index (χ1) is 10.1. The molecule has 3 N–H and O–H groups in total. The van der Waals surface area contributed by atoms with Gasteiger partial charge in [0.1, 0.15) is 5.82 Å². The molecule has 0 radical (unpaired) electrons. The van der Waals surface area contributed by atoms with Gasteiger partial charge in [-0.25, -0.2) is 9.18 Å². The lowest BCUT2D eigenvalue weighted by Gasteiger charge is -2.19. The van der Waals surface area contributed by atoms with Gasteiger partial charge >= 0.3 is 6.03 Å². The first kappa shape index (κ1) is 15.5. The minimum atomic E-state index is -0.839. The molecule has 114 valence electrons. The number of aliphatic hydroxyl groups excluding tert-OH is 1. The highest BCUT2D eigenvalue weighted by Crippen LogP contribution is 2.16. The van der Waals surface area contributed by atoms with Gasteiger partial charge in [0.2, 0.25) is 0 Å². The van der Waals surface area contributed by atoms with Crippen molar-refractivity contribution in [3.8, 4) is 0 Å². The van der Waals surface area contributed by atoms with Gasteiger partial charge in [-0.1, -0.05) is 24.3 Å². The molecular formula is C16H21FN2O2. The monoisotopic (exact) mass is 292 g/mol. The quantitative estimate of drug-likeness (QED) is 0.730. The van der Waals surface area contributed by atoms with Gasteiger partial charge in [0.05, 0.1) is 6.10 Å². The number of hydrogen-bond donors (Lipinski definition) is 3. The van der Waals surface area contributed by atoms with E-state index in [1.165, 1.54) is 24.3 Å². The molecular weight excluding hydrogens is 271 g/mol. The third kappa shape index (κ3) is 5.19. The molecule has 4 nitrogen and oxygen atoms in total. The summed E-state index contributed by atoms with van der Waals surface area (Å²) >= 11 is 0. The fourth-order valence-corrected chi connectivity index (χ4v) is 2.33. The molecule has 5 heteroatoms. The van der Waals surface area contributed by atoms with Crippen molar-refractivity contribution < 1.29 is 14.3 Å². The lowest BCUT2D eigenvalue weighted by Crippen LogP contribution is -2.40. The second-order valence-electron chi connectivity index (χ2n) is 5.31. The highest BCUT2D eigenvalue weighted by atomic mass is 19.1. The Morgan fingerprint density at radius 1 is 1.29 bits per heavy atom. The van der Waals surface area contributed by atoms with E-state index in [0.717, 1.165) is 19.3 Å². The number of rotatable bonds is 5. The molecule has 0 aromatic heterocycles. The normalized spacial score (nSPS) is 19.0. The molecule has 0 saturated heterocycles. The fraction of sp³-hybridized carbons (Fsp3) is 0.438. The molecule has 0 heterocycles. The molecule has 0 saturated carbocycles. The van der Waals surface area contributed by atoms with E-state index in [4.69, 9.17) is 0 Å². The molecule has 0 spiro atoms. The van der Waals surface area contributed by atoms with Crippen molar-refractivity contribution in [3.63, 3.8) is 0 Å². The summed E-state index contributed by atoms with van der Waals surface area (Å²) in [6.45, 7) is 0.741. The molecule has 2 amide bonds. The summed E-state index contributed by atoms with van der Waals surface area (Å²) in [5.74, 6) is 0.140. The maximum Gasteiger partial charge on any atom is 0.314 e. The Kier molecular flexibility index (Phi) is 5.75. The molecule has 0 aliphatic heterocycles. The first-order valence-electron chi connectivity index (χ1n) is 7.25. The van der Waals surface area contributed by atoms with Gasteiger partial charge in [-0.2, -0.15) is 0 Å². The lowest BCUT2D eigenvalue weighted by molar-refractivity contribution is 0.172. The third-order valence-corrected chi connectivity index (χ3v) is 3.64. The molecule has 21 heavy (non-hydrogen) atoms. The number of allylic oxidation sites excluding steroid dienone is 2. The molecule has 0 bridgehead atoms. The summed E-state index contributed by atoms with van der Waals surface area (Å²) in [5, 5.41) is 15.3. The Labute approximate surface area is 124 Å². The number of carbonyl (C=O) groups is 1. The zero-order valence-electron chi connectivity index (χ0n) is 11.9. The summed E-state index contributed by atoms with van der Waals surface area (Å²) in [6.07, 6.45) is 6.63. The summed E-state index contributed by atoms with van der Waals surface area (Å²) in [6, 6.07) is 5.30. The van der Waals surface area contributed by atoms with Crippen LogP contribution >= 0.6 is 0 Å². The van der Waals surface area contributed by atoms with Crippen molar-refractivity contribution >= 4 is 6.03 Å². The van der Waals surface area contributed by atoms with Crippen molar-refractivity contribution in [2.45, 2.75) is 25.4 Å². The highest BCUT2D eigenvalue weighted by molar-refractivity contribution is 5.73. The predicted octanol–water partition coefficient (Wildman–Crippen LogP) is 2.51. The van der Waals surface area contributed by atoms with E-state index < -0.39 is 6.10 Å². The largest absolute Gasteiger partial charge is 0.387 e. The molecule has 2 unspecified atom stereocenters. The second kappa shape index (κ2) is 7.78. The molecule has 1 aromatic rings. The maximum atomic E-state index is 12.8. The maximum absolute atomic E-state index is 12.8. The molecule has 0 fully saturated rings. The van der Waals surface area contributed by atoms with E-state index in [1.807, 2.05) is 0 Å². The average Bonchev–Trinajstić information content (AvgIpc) is 2.52. The third-order valence-electron chi connectivity index (χ3n) is 3.64. The zero-order valence-corrected chi connectivity index (χ0v) is 11.9. The molecule has 1 aromatic carbocycles. The van der Waals surface area contributed by atoms with Crippen LogP contribution in [0.3, 0.4) is 0 Å². The van der Waals surface area contributed by atoms with E-state index in [9.17, 15) is 14.3 Å². The van der Waals surface area contributed by atoms with Gasteiger partial charge in [-0.05, 0) is 42.9 Å². The predicted molar refractivity (Wildman–Crippen MR) is 79.2 cm³/mol. The summed E-state index contributed by atoms with van der Waals surface area (Å²) in [4.78, 5) is 11.7. The number of benzene rings is 1. The molecule has 1 aliphatic rings. The number of carbonyl (C=O) groups excluding carboxylic acids is 1. The standard InChI is InChI=1S/C16H21FN2O2/c17-14-8-6-13(7-9-14)15(20)11-19-16(21)18-10-12-4-2-1-3-5-12/h1-2,6-9,12,15,20H,3-5,10-11H2,(H2,18,19,21). The summed E-state index contributed by atoms with van der Waals surface area (Å²) in [5.41, 5.74) is 0.578. The molecule has 2 rings (SSSR count). The number of hydrogen-bond acceptors (Lipinski definition) is 2. The fourth-order valence-electron chi connectivity index (χ4n) is 2.33.